The van der Waals surface area contributed by atoms with Crippen LogP contribution in [0.25, 0.3) is 0 Å². The quantitative estimate of drug-likeness (QED) is 0.251. The topological polar surface area (TPSA) is 67.8 Å². The van der Waals surface area contributed by atoms with Crippen molar-refractivity contribution in [3.8, 4) is 17.4 Å². The maximum absolute atomic E-state index is 5.75. The number of pyridine rings is 1. The van der Waals surface area contributed by atoms with Crippen molar-refractivity contribution < 1.29 is 9.47 Å². The van der Waals surface area contributed by atoms with Gasteiger partial charge in [-0.1, -0.05) is 12.1 Å². The summed E-state index contributed by atoms with van der Waals surface area (Å²) in [7, 11) is 1.64. The lowest BCUT2D eigenvalue weighted by atomic mass is 10.3. The zero-order valence-electron chi connectivity index (χ0n) is 16.4. The number of nitrogens with zero attached hydrogens (tertiary/aromatic N) is 2. The number of halogens is 1. The number of aromatic nitrogens is 1. The van der Waals surface area contributed by atoms with Crippen molar-refractivity contribution in [2.45, 2.75) is 20.0 Å². The van der Waals surface area contributed by atoms with Gasteiger partial charge in [0, 0.05) is 23.7 Å². The summed E-state index contributed by atoms with van der Waals surface area (Å²) in [5.41, 5.74) is 1.01. The Bertz CT molecular complexity index is 869. The van der Waals surface area contributed by atoms with Crippen molar-refractivity contribution in [2.24, 2.45) is 4.99 Å². The minimum Gasteiger partial charge on any atom is -0.497 e. The Morgan fingerprint density at radius 3 is 2.48 bits per heavy atom. The van der Waals surface area contributed by atoms with Gasteiger partial charge in [-0.15, -0.1) is 35.3 Å². The van der Waals surface area contributed by atoms with E-state index in [4.69, 9.17) is 9.47 Å². The van der Waals surface area contributed by atoms with E-state index in [0.29, 0.717) is 18.2 Å². The van der Waals surface area contributed by atoms with Gasteiger partial charge in [0.1, 0.15) is 11.5 Å². The summed E-state index contributed by atoms with van der Waals surface area (Å²) in [5.74, 6) is 2.83. The molecule has 0 unspecified atom stereocenters. The molecule has 0 aliphatic heterocycles. The summed E-state index contributed by atoms with van der Waals surface area (Å²) < 4.78 is 10.9. The van der Waals surface area contributed by atoms with Crippen LogP contribution < -0.4 is 20.1 Å². The summed E-state index contributed by atoms with van der Waals surface area (Å²) in [6.45, 7) is 4.16. The minimum atomic E-state index is 0. The molecule has 154 valence electrons. The zero-order chi connectivity index (χ0) is 19.6. The average Bonchev–Trinajstić information content (AvgIpc) is 3.25. The summed E-state index contributed by atoms with van der Waals surface area (Å²) in [6.07, 6.45) is 1.78. The number of hydrogen-bond acceptors (Lipinski definition) is 5. The molecule has 0 atom stereocenters. The van der Waals surface area contributed by atoms with Crippen molar-refractivity contribution >= 4 is 41.3 Å². The smallest absolute Gasteiger partial charge is 0.219 e. The molecular weight excluding hydrogens is 499 g/mol. The molecule has 6 nitrogen and oxygen atoms in total. The molecule has 2 aromatic heterocycles. The molecule has 0 fully saturated rings. The number of benzene rings is 1. The molecule has 2 heterocycles. The Hall–Kier alpha value is -2.33. The molecule has 3 rings (SSSR count). The van der Waals surface area contributed by atoms with E-state index in [2.05, 4.69) is 39.0 Å². The van der Waals surface area contributed by atoms with Crippen LogP contribution in [0.4, 0.5) is 0 Å². The van der Waals surface area contributed by atoms with Crippen LogP contribution in [0.2, 0.25) is 0 Å². The molecule has 0 amide bonds. The fourth-order valence-corrected chi connectivity index (χ4v) is 3.07. The average molecular weight is 524 g/mol. The molecule has 1 aromatic carbocycles. The lowest BCUT2D eigenvalue weighted by Crippen LogP contribution is -2.36. The Balaban J connectivity index is 0.00000300. The van der Waals surface area contributed by atoms with E-state index in [1.807, 2.05) is 42.5 Å². The third-order valence-electron chi connectivity index (χ3n) is 3.85. The van der Waals surface area contributed by atoms with E-state index in [0.717, 1.165) is 30.4 Å². The van der Waals surface area contributed by atoms with Crippen LogP contribution in [0, 0.1) is 0 Å². The molecule has 0 bridgehead atoms. The van der Waals surface area contributed by atoms with E-state index in [9.17, 15) is 0 Å². The Kier molecular flexibility index (Phi) is 9.72. The fourth-order valence-electron chi connectivity index (χ4n) is 2.43. The van der Waals surface area contributed by atoms with E-state index < -0.39 is 0 Å². The second kappa shape index (κ2) is 12.3. The van der Waals surface area contributed by atoms with Crippen molar-refractivity contribution in [1.82, 2.24) is 15.6 Å². The van der Waals surface area contributed by atoms with E-state index >= 15 is 0 Å². The van der Waals surface area contributed by atoms with Gasteiger partial charge < -0.3 is 20.1 Å². The SMILES string of the molecule is CCNC(=NCc1ccc(Oc2ccc(OC)cc2)nc1)NCc1cccs1.I. The molecule has 0 aliphatic rings. The van der Waals surface area contributed by atoms with Crippen molar-refractivity contribution in [3.05, 3.63) is 70.5 Å². The first kappa shape index (κ1) is 23.0. The maximum atomic E-state index is 5.75. The van der Waals surface area contributed by atoms with Crippen LogP contribution in [0.5, 0.6) is 17.4 Å². The van der Waals surface area contributed by atoms with E-state index in [1.165, 1.54) is 4.88 Å². The lowest BCUT2D eigenvalue weighted by molar-refractivity contribution is 0.412. The zero-order valence-corrected chi connectivity index (χ0v) is 19.6. The number of aliphatic imine (C=N–C) groups is 1. The standard InChI is InChI=1S/C21H24N4O2S.HI/c1-3-22-21(25-15-19-5-4-12-28-19)24-14-16-6-11-20(23-13-16)27-18-9-7-17(26-2)8-10-18;/h4-13H,3,14-15H2,1-2H3,(H2,22,24,25);1H. The number of ether oxygens (including phenoxy) is 2. The van der Waals surface area contributed by atoms with Gasteiger partial charge in [0.2, 0.25) is 5.88 Å². The Labute approximate surface area is 192 Å². The van der Waals surface area contributed by atoms with Crippen molar-refractivity contribution in [1.29, 1.82) is 0 Å². The van der Waals surface area contributed by atoms with Gasteiger partial charge in [-0.25, -0.2) is 9.98 Å². The first-order valence-corrected chi connectivity index (χ1v) is 9.96. The van der Waals surface area contributed by atoms with Crippen LogP contribution in [0.15, 0.2) is 65.1 Å². The molecule has 2 N–H and O–H groups in total. The predicted octanol–water partition coefficient (Wildman–Crippen LogP) is 4.82. The molecular formula is C21H25IN4O2S. The van der Waals surface area contributed by atoms with Crippen molar-refractivity contribution in [2.75, 3.05) is 13.7 Å². The molecule has 0 saturated carbocycles. The Morgan fingerprint density at radius 1 is 1.07 bits per heavy atom. The summed E-state index contributed by atoms with van der Waals surface area (Å²) >= 11 is 1.73. The predicted molar refractivity (Wildman–Crippen MR) is 129 cm³/mol. The Morgan fingerprint density at radius 2 is 1.86 bits per heavy atom. The third-order valence-corrected chi connectivity index (χ3v) is 4.73. The molecule has 3 aromatic rings. The number of rotatable bonds is 8. The number of nitrogens with one attached hydrogen (secondary N) is 2. The molecule has 0 saturated heterocycles. The second-order valence-corrected chi connectivity index (χ2v) is 6.94. The number of guanidine groups is 1. The molecule has 0 aliphatic carbocycles. The highest BCUT2D eigenvalue weighted by Crippen LogP contribution is 2.22. The summed E-state index contributed by atoms with van der Waals surface area (Å²) in [6, 6.07) is 15.4. The highest BCUT2D eigenvalue weighted by molar-refractivity contribution is 14.0. The normalized spacial score (nSPS) is 10.8. The summed E-state index contributed by atoms with van der Waals surface area (Å²) in [4.78, 5) is 10.3. The van der Waals surface area contributed by atoms with Gasteiger partial charge >= 0.3 is 0 Å². The maximum Gasteiger partial charge on any atom is 0.219 e. The van der Waals surface area contributed by atoms with Crippen LogP contribution in [0.3, 0.4) is 0 Å². The van der Waals surface area contributed by atoms with Gasteiger partial charge in [-0.3, -0.25) is 0 Å². The van der Waals surface area contributed by atoms with Gasteiger partial charge in [-0.05, 0) is 48.2 Å². The van der Waals surface area contributed by atoms with E-state index in [1.54, 1.807) is 24.6 Å². The van der Waals surface area contributed by atoms with Crippen LogP contribution in [-0.2, 0) is 13.1 Å². The first-order valence-electron chi connectivity index (χ1n) is 9.08. The largest absolute Gasteiger partial charge is 0.497 e. The van der Waals surface area contributed by atoms with Gasteiger partial charge in [0.05, 0.1) is 20.2 Å². The first-order chi connectivity index (χ1) is 13.8. The molecule has 0 spiro atoms. The third kappa shape index (κ3) is 7.54. The van der Waals surface area contributed by atoms with Gasteiger partial charge in [-0.2, -0.15) is 0 Å². The van der Waals surface area contributed by atoms with Gasteiger partial charge in [0.15, 0.2) is 5.96 Å². The number of hydrogen-bond donors (Lipinski definition) is 2. The number of thiophene rings is 1. The highest BCUT2D eigenvalue weighted by Gasteiger charge is 2.02. The molecule has 0 radical (unpaired) electrons. The van der Waals surface area contributed by atoms with Crippen LogP contribution >= 0.6 is 35.3 Å². The molecule has 8 heteroatoms. The van der Waals surface area contributed by atoms with Crippen LogP contribution in [-0.4, -0.2) is 24.6 Å². The molecule has 29 heavy (non-hydrogen) atoms. The highest BCUT2D eigenvalue weighted by atomic mass is 127. The second-order valence-electron chi connectivity index (χ2n) is 5.91. The number of methoxy groups -OCH3 is 1. The van der Waals surface area contributed by atoms with Crippen LogP contribution in [0.1, 0.15) is 17.4 Å². The van der Waals surface area contributed by atoms with Gasteiger partial charge in [0.25, 0.3) is 0 Å². The monoisotopic (exact) mass is 524 g/mol. The summed E-state index contributed by atoms with van der Waals surface area (Å²) in [5, 5.41) is 8.67. The lowest BCUT2D eigenvalue weighted by Gasteiger charge is -2.10. The van der Waals surface area contributed by atoms with E-state index in [-0.39, 0.29) is 24.0 Å². The fraction of sp³-hybridized carbons (Fsp3) is 0.238. The minimum absolute atomic E-state index is 0. The van der Waals surface area contributed by atoms with Crippen molar-refractivity contribution in [3.63, 3.8) is 0 Å².